The number of hydrogen-bond acceptors (Lipinski definition) is 5. The van der Waals surface area contributed by atoms with Crippen molar-refractivity contribution >= 4 is 5.65 Å². The van der Waals surface area contributed by atoms with Crippen LogP contribution in [0.5, 0.6) is 11.6 Å². The van der Waals surface area contributed by atoms with Gasteiger partial charge >= 0.3 is 0 Å². The van der Waals surface area contributed by atoms with Crippen molar-refractivity contribution in [2.24, 2.45) is 5.92 Å². The molecule has 2 aromatic heterocycles. The largest absolute Gasteiger partial charge is 0.491 e. The number of hydrogen-bond donors (Lipinski definition) is 0. The molecule has 25 heavy (non-hydrogen) atoms. The summed E-state index contributed by atoms with van der Waals surface area (Å²) in [6.07, 6.45) is 4.45. The molecular formula is C19H21N3O3. The quantitative estimate of drug-likeness (QED) is 0.590. The van der Waals surface area contributed by atoms with Gasteiger partial charge in [-0.25, -0.2) is 9.50 Å². The first-order chi connectivity index (χ1) is 12.3. The van der Waals surface area contributed by atoms with Crippen molar-refractivity contribution < 1.29 is 14.2 Å². The molecule has 130 valence electrons. The van der Waals surface area contributed by atoms with Crippen molar-refractivity contribution in [1.29, 1.82) is 0 Å². The molecule has 1 aliphatic carbocycles. The van der Waals surface area contributed by atoms with Gasteiger partial charge in [-0.1, -0.05) is 0 Å². The molecule has 0 amide bonds. The van der Waals surface area contributed by atoms with Gasteiger partial charge in [0.2, 0.25) is 5.88 Å². The Morgan fingerprint density at radius 2 is 1.88 bits per heavy atom. The third-order valence-corrected chi connectivity index (χ3v) is 4.17. The Hall–Kier alpha value is -2.60. The van der Waals surface area contributed by atoms with Crippen molar-refractivity contribution in [2.45, 2.75) is 12.8 Å². The van der Waals surface area contributed by atoms with E-state index in [1.54, 1.807) is 11.6 Å². The second kappa shape index (κ2) is 7.11. The molecule has 1 fully saturated rings. The van der Waals surface area contributed by atoms with Gasteiger partial charge in [0.1, 0.15) is 12.4 Å². The maximum Gasteiger partial charge on any atom is 0.231 e. The minimum absolute atomic E-state index is 0.539. The van der Waals surface area contributed by atoms with E-state index in [0.29, 0.717) is 25.0 Å². The molecule has 6 nitrogen and oxygen atoms in total. The van der Waals surface area contributed by atoms with Crippen LogP contribution in [0.15, 0.2) is 42.6 Å². The van der Waals surface area contributed by atoms with Crippen LogP contribution in [0.25, 0.3) is 16.9 Å². The van der Waals surface area contributed by atoms with Gasteiger partial charge < -0.3 is 14.2 Å². The molecule has 4 rings (SSSR count). The lowest BCUT2D eigenvalue weighted by Gasteiger charge is -2.05. The number of rotatable bonds is 8. The molecule has 6 heteroatoms. The van der Waals surface area contributed by atoms with E-state index in [4.69, 9.17) is 14.2 Å². The zero-order chi connectivity index (χ0) is 17.1. The van der Waals surface area contributed by atoms with Crippen LogP contribution in [0.1, 0.15) is 12.8 Å². The van der Waals surface area contributed by atoms with E-state index < -0.39 is 0 Å². The molecule has 0 bridgehead atoms. The van der Waals surface area contributed by atoms with E-state index in [2.05, 4.69) is 10.1 Å². The molecule has 2 heterocycles. The van der Waals surface area contributed by atoms with Gasteiger partial charge in [-0.2, -0.15) is 0 Å². The van der Waals surface area contributed by atoms with Gasteiger partial charge in [-0.3, -0.25) is 0 Å². The van der Waals surface area contributed by atoms with Crippen molar-refractivity contribution in [3.63, 3.8) is 0 Å². The van der Waals surface area contributed by atoms with Crippen LogP contribution in [-0.4, -0.2) is 41.5 Å². The Bertz CT molecular complexity index is 841. The fourth-order valence-electron chi connectivity index (χ4n) is 2.53. The number of benzene rings is 1. The van der Waals surface area contributed by atoms with Crippen LogP contribution in [-0.2, 0) is 4.74 Å². The highest BCUT2D eigenvalue weighted by Gasteiger charge is 2.22. The Morgan fingerprint density at radius 3 is 2.64 bits per heavy atom. The summed E-state index contributed by atoms with van der Waals surface area (Å²) in [6, 6.07) is 11.7. The van der Waals surface area contributed by atoms with Crippen LogP contribution in [0.3, 0.4) is 0 Å². The number of imidazole rings is 1. The second-order valence-corrected chi connectivity index (χ2v) is 6.22. The lowest BCUT2D eigenvalue weighted by atomic mass is 10.2. The maximum atomic E-state index is 5.73. The zero-order valence-corrected chi connectivity index (χ0v) is 14.2. The van der Waals surface area contributed by atoms with Crippen molar-refractivity contribution in [2.75, 3.05) is 26.9 Å². The molecule has 0 unspecified atom stereocenters. The lowest BCUT2D eigenvalue weighted by Crippen LogP contribution is -2.03. The monoisotopic (exact) mass is 339 g/mol. The maximum absolute atomic E-state index is 5.73. The van der Waals surface area contributed by atoms with Crippen LogP contribution in [0.2, 0.25) is 0 Å². The molecule has 1 aliphatic rings. The zero-order valence-electron chi connectivity index (χ0n) is 14.2. The Morgan fingerprint density at radius 1 is 1.04 bits per heavy atom. The van der Waals surface area contributed by atoms with E-state index in [9.17, 15) is 0 Å². The average Bonchev–Trinajstić information content (AvgIpc) is 3.38. The van der Waals surface area contributed by atoms with Gasteiger partial charge in [0.05, 0.1) is 25.1 Å². The molecule has 3 aromatic rings. The molecule has 0 N–H and O–H groups in total. The number of nitrogens with zero attached hydrogens (tertiary/aromatic N) is 3. The van der Waals surface area contributed by atoms with Crippen LogP contribution < -0.4 is 9.47 Å². The molecule has 0 saturated heterocycles. The summed E-state index contributed by atoms with van der Waals surface area (Å²) >= 11 is 0. The standard InChI is InChI=1S/C19H21N3O3/c1-23-10-11-24-16-6-4-15(5-7-16)17-12-22-18(20-17)8-9-19(21-22)25-13-14-2-3-14/h4-9,12,14H,2-3,10-11,13H2,1H3. The minimum Gasteiger partial charge on any atom is -0.491 e. The summed E-state index contributed by atoms with van der Waals surface area (Å²) in [5.74, 6) is 2.17. The Kier molecular flexibility index (Phi) is 4.52. The molecule has 0 aliphatic heterocycles. The molecule has 0 atom stereocenters. The van der Waals surface area contributed by atoms with E-state index in [-0.39, 0.29) is 0 Å². The molecule has 0 spiro atoms. The summed E-state index contributed by atoms with van der Waals surface area (Å²) in [6.45, 7) is 1.87. The molecule has 0 radical (unpaired) electrons. The number of fused-ring (bicyclic) bond motifs is 1. The Balaban J connectivity index is 1.48. The fourth-order valence-corrected chi connectivity index (χ4v) is 2.53. The first-order valence-electron chi connectivity index (χ1n) is 8.53. The first kappa shape index (κ1) is 15.9. The minimum atomic E-state index is 0.539. The van der Waals surface area contributed by atoms with Gasteiger partial charge in [0, 0.05) is 18.7 Å². The summed E-state index contributed by atoms with van der Waals surface area (Å²) in [5.41, 5.74) is 2.69. The fraction of sp³-hybridized carbons (Fsp3) is 0.368. The summed E-state index contributed by atoms with van der Waals surface area (Å²) in [7, 11) is 1.66. The highest BCUT2D eigenvalue weighted by atomic mass is 16.5. The molecule has 1 saturated carbocycles. The predicted molar refractivity (Wildman–Crippen MR) is 94.0 cm³/mol. The number of ether oxygens (including phenoxy) is 3. The van der Waals surface area contributed by atoms with E-state index in [0.717, 1.165) is 29.3 Å². The van der Waals surface area contributed by atoms with Crippen LogP contribution >= 0.6 is 0 Å². The lowest BCUT2D eigenvalue weighted by molar-refractivity contribution is 0.146. The smallest absolute Gasteiger partial charge is 0.231 e. The molecular weight excluding hydrogens is 318 g/mol. The van der Waals surface area contributed by atoms with Gasteiger partial charge in [-0.15, -0.1) is 5.10 Å². The van der Waals surface area contributed by atoms with Gasteiger partial charge in [-0.05, 0) is 49.1 Å². The third-order valence-electron chi connectivity index (χ3n) is 4.17. The highest BCUT2D eigenvalue weighted by Crippen LogP contribution is 2.29. The summed E-state index contributed by atoms with van der Waals surface area (Å²) < 4.78 is 18.1. The topological polar surface area (TPSA) is 57.9 Å². The number of aromatic nitrogens is 3. The van der Waals surface area contributed by atoms with Gasteiger partial charge in [0.25, 0.3) is 0 Å². The predicted octanol–water partition coefficient (Wildman–Crippen LogP) is 3.21. The molecule has 1 aromatic carbocycles. The van der Waals surface area contributed by atoms with Gasteiger partial charge in [0.15, 0.2) is 5.65 Å². The number of methoxy groups -OCH3 is 1. The van der Waals surface area contributed by atoms with E-state index in [1.165, 1.54) is 12.8 Å². The average molecular weight is 339 g/mol. The normalized spacial score (nSPS) is 14.0. The van der Waals surface area contributed by atoms with Crippen LogP contribution in [0.4, 0.5) is 0 Å². The van der Waals surface area contributed by atoms with Crippen molar-refractivity contribution in [3.8, 4) is 22.9 Å². The van der Waals surface area contributed by atoms with E-state index >= 15 is 0 Å². The highest BCUT2D eigenvalue weighted by molar-refractivity contribution is 5.63. The second-order valence-electron chi connectivity index (χ2n) is 6.22. The summed E-state index contributed by atoms with van der Waals surface area (Å²) in [5, 5.41) is 4.48. The van der Waals surface area contributed by atoms with E-state index in [1.807, 2.05) is 42.6 Å². The van der Waals surface area contributed by atoms with Crippen molar-refractivity contribution in [1.82, 2.24) is 14.6 Å². The first-order valence-corrected chi connectivity index (χ1v) is 8.53. The van der Waals surface area contributed by atoms with Crippen molar-refractivity contribution in [3.05, 3.63) is 42.6 Å². The van der Waals surface area contributed by atoms with Crippen LogP contribution in [0, 0.1) is 5.92 Å². The Labute approximate surface area is 146 Å². The SMILES string of the molecule is COCCOc1ccc(-c2cn3nc(OCC4CC4)ccc3n2)cc1. The third kappa shape index (κ3) is 3.91. The summed E-state index contributed by atoms with van der Waals surface area (Å²) in [4.78, 5) is 4.62.